The van der Waals surface area contributed by atoms with Crippen LogP contribution in [0.25, 0.3) is 0 Å². The highest BCUT2D eigenvalue weighted by Gasteiger charge is 2.17. The van der Waals surface area contributed by atoms with E-state index in [-0.39, 0.29) is 30.2 Å². The highest BCUT2D eigenvalue weighted by molar-refractivity contribution is 14.1. The molecule has 0 radical (unpaired) electrons. The Morgan fingerprint density at radius 2 is 2.00 bits per heavy atom. The third-order valence-corrected chi connectivity index (χ3v) is 3.92. The van der Waals surface area contributed by atoms with E-state index < -0.39 is 23.6 Å². The molecule has 0 aliphatic heterocycles. The van der Waals surface area contributed by atoms with Crippen molar-refractivity contribution < 1.29 is 28.3 Å². The average molecular weight is 478 g/mol. The van der Waals surface area contributed by atoms with Gasteiger partial charge in [-0.3, -0.25) is 9.63 Å². The number of benzene rings is 2. The minimum absolute atomic E-state index is 0.0287. The van der Waals surface area contributed by atoms with Crippen molar-refractivity contribution in [3.63, 3.8) is 0 Å². The van der Waals surface area contributed by atoms with Gasteiger partial charge < -0.3 is 15.2 Å². The number of hydrogen-bond acceptors (Lipinski definition) is 5. The molecule has 26 heavy (non-hydrogen) atoms. The number of para-hydroxylation sites is 1. The molecule has 1 atom stereocenters. The molecular weight excluding hydrogens is 461 g/mol. The van der Waals surface area contributed by atoms with E-state index in [9.17, 15) is 18.7 Å². The minimum atomic E-state index is -0.925. The smallest absolute Gasteiger partial charge is 0.277 e. The number of anilines is 2. The van der Waals surface area contributed by atoms with Crippen LogP contribution in [0, 0.1) is 15.2 Å². The number of aliphatic hydroxyl groups excluding tert-OH is 1. The van der Waals surface area contributed by atoms with Crippen LogP contribution in [0.1, 0.15) is 10.4 Å². The lowest BCUT2D eigenvalue weighted by molar-refractivity contribution is -0.0365. The Hall–Kier alpha value is -1.82. The summed E-state index contributed by atoms with van der Waals surface area (Å²) < 4.78 is 33.6. The van der Waals surface area contributed by atoms with Crippen molar-refractivity contribution in [2.75, 3.05) is 25.6 Å². The minimum Gasteiger partial charge on any atom is -0.388 e. The van der Waals surface area contributed by atoms with Gasteiger partial charge in [-0.15, -0.1) is 0 Å². The molecule has 0 aliphatic carbocycles. The van der Waals surface area contributed by atoms with Crippen LogP contribution in [0.2, 0.25) is 0 Å². The van der Waals surface area contributed by atoms with Gasteiger partial charge in [-0.05, 0) is 52.9 Å². The summed E-state index contributed by atoms with van der Waals surface area (Å²) in [6.07, 6.45) is -0.925. The highest BCUT2D eigenvalue weighted by Crippen LogP contribution is 2.27. The van der Waals surface area contributed by atoms with Crippen molar-refractivity contribution in [3.05, 3.63) is 57.2 Å². The highest BCUT2D eigenvalue weighted by atomic mass is 127. The Labute approximate surface area is 162 Å². The van der Waals surface area contributed by atoms with Crippen LogP contribution in [0.4, 0.5) is 20.2 Å². The maximum atomic E-state index is 14.2. The van der Waals surface area contributed by atoms with E-state index in [2.05, 4.69) is 10.8 Å². The molecule has 3 N–H and O–H groups in total. The fourth-order valence-corrected chi connectivity index (χ4v) is 2.52. The third-order valence-electron chi connectivity index (χ3n) is 3.25. The fourth-order valence-electron chi connectivity index (χ4n) is 2.06. The van der Waals surface area contributed by atoms with E-state index >= 15 is 0 Å². The third kappa shape index (κ3) is 5.59. The second kappa shape index (κ2) is 9.76. The molecule has 2 aromatic rings. The summed E-state index contributed by atoms with van der Waals surface area (Å²) in [6, 6.07) is 8.23. The predicted molar refractivity (Wildman–Crippen MR) is 100 cm³/mol. The van der Waals surface area contributed by atoms with Crippen molar-refractivity contribution in [2.24, 2.45) is 0 Å². The quantitative estimate of drug-likeness (QED) is 0.402. The number of hydrogen-bond donors (Lipinski definition) is 3. The largest absolute Gasteiger partial charge is 0.388 e. The summed E-state index contributed by atoms with van der Waals surface area (Å²) in [4.78, 5) is 17.1. The van der Waals surface area contributed by atoms with Gasteiger partial charge >= 0.3 is 0 Å². The first-order chi connectivity index (χ1) is 12.4. The molecule has 2 rings (SSSR count). The molecule has 0 heterocycles. The summed E-state index contributed by atoms with van der Waals surface area (Å²) in [5, 5.41) is 12.1. The lowest BCUT2D eigenvalue weighted by atomic mass is 10.1. The Kier molecular flexibility index (Phi) is 7.69. The zero-order valence-corrected chi connectivity index (χ0v) is 15.9. The number of hydroxylamine groups is 1. The number of rotatable bonds is 8. The molecule has 0 fully saturated rings. The molecule has 0 bridgehead atoms. The number of methoxy groups -OCH3 is 1. The second-order valence-electron chi connectivity index (χ2n) is 5.26. The first-order valence-electron chi connectivity index (χ1n) is 7.52. The van der Waals surface area contributed by atoms with Gasteiger partial charge in [0.25, 0.3) is 5.91 Å². The van der Waals surface area contributed by atoms with E-state index in [0.717, 1.165) is 6.07 Å². The number of carbonyl (C=O) groups excluding carboxylic acids is 1. The zero-order valence-electron chi connectivity index (χ0n) is 13.8. The van der Waals surface area contributed by atoms with Crippen LogP contribution in [-0.2, 0) is 9.57 Å². The SMILES string of the molecule is COCC(O)CONC(=O)c1cccc(F)c1Nc1ccc(I)cc1F. The second-order valence-corrected chi connectivity index (χ2v) is 6.51. The number of nitrogens with one attached hydrogen (secondary N) is 2. The lowest BCUT2D eigenvalue weighted by Gasteiger charge is -2.15. The molecular formula is C17H17F2IN2O4. The summed E-state index contributed by atoms with van der Waals surface area (Å²) >= 11 is 1.95. The summed E-state index contributed by atoms with van der Waals surface area (Å²) in [7, 11) is 1.41. The van der Waals surface area contributed by atoms with Crippen LogP contribution in [0.15, 0.2) is 36.4 Å². The van der Waals surface area contributed by atoms with E-state index in [0.29, 0.717) is 3.57 Å². The Morgan fingerprint density at radius 3 is 2.69 bits per heavy atom. The Bertz CT molecular complexity index is 776. The molecule has 140 valence electrons. The van der Waals surface area contributed by atoms with Crippen molar-refractivity contribution in [1.29, 1.82) is 0 Å². The maximum absolute atomic E-state index is 14.2. The molecule has 1 unspecified atom stereocenters. The summed E-state index contributed by atoms with van der Waals surface area (Å²) in [5.74, 6) is -2.05. The van der Waals surface area contributed by atoms with Gasteiger partial charge in [-0.25, -0.2) is 14.3 Å². The molecule has 9 heteroatoms. The average Bonchev–Trinajstić information content (AvgIpc) is 2.58. The van der Waals surface area contributed by atoms with Crippen LogP contribution in [0.3, 0.4) is 0 Å². The van der Waals surface area contributed by atoms with Crippen molar-refractivity contribution in [2.45, 2.75) is 6.10 Å². The first kappa shape index (κ1) is 20.5. The summed E-state index contributed by atoms with van der Waals surface area (Å²) in [5.41, 5.74) is 1.87. The summed E-state index contributed by atoms with van der Waals surface area (Å²) in [6.45, 7) is -0.169. The predicted octanol–water partition coefficient (Wildman–Crippen LogP) is 2.98. The maximum Gasteiger partial charge on any atom is 0.277 e. The molecule has 0 aromatic heterocycles. The molecule has 0 saturated carbocycles. The number of ether oxygens (including phenoxy) is 1. The van der Waals surface area contributed by atoms with E-state index in [1.165, 1.54) is 31.4 Å². The van der Waals surface area contributed by atoms with Crippen molar-refractivity contribution >= 4 is 39.9 Å². The molecule has 0 saturated heterocycles. The standard InChI is InChI=1S/C17H17F2IN2O4/c1-25-8-11(23)9-26-22-17(24)12-3-2-4-13(18)16(12)21-15-6-5-10(20)7-14(15)19/h2-7,11,21,23H,8-9H2,1H3,(H,22,24). The Balaban J connectivity index is 2.14. The normalized spacial score (nSPS) is 11.9. The van der Waals surface area contributed by atoms with Crippen LogP contribution in [0.5, 0.6) is 0 Å². The topological polar surface area (TPSA) is 79.8 Å². The number of carbonyl (C=O) groups is 1. The van der Waals surface area contributed by atoms with Gasteiger partial charge in [0, 0.05) is 10.7 Å². The van der Waals surface area contributed by atoms with Crippen molar-refractivity contribution in [1.82, 2.24) is 5.48 Å². The molecule has 2 aromatic carbocycles. The van der Waals surface area contributed by atoms with Gasteiger partial charge in [0.15, 0.2) is 0 Å². The zero-order chi connectivity index (χ0) is 19.1. The monoisotopic (exact) mass is 478 g/mol. The van der Waals surface area contributed by atoms with Crippen LogP contribution in [-0.4, -0.2) is 37.4 Å². The molecule has 0 aliphatic rings. The molecule has 0 spiro atoms. The van der Waals surface area contributed by atoms with Gasteiger partial charge in [-0.2, -0.15) is 0 Å². The van der Waals surface area contributed by atoms with E-state index in [1.807, 2.05) is 22.6 Å². The first-order valence-corrected chi connectivity index (χ1v) is 8.60. The van der Waals surface area contributed by atoms with E-state index in [1.54, 1.807) is 6.07 Å². The number of aliphatic hydroxyl groups is 1. The molecule has 1 amide bonds. The lowest BCUT2D eigenvalue weighted by Crippen LogP contribution is -2.30. The van der Waals surface area contributed by atoms with Crippen molar-refractivity contribution in [3.8, 4) is 0 Å². The van der Waals surface area contributed by atoms with Gasteiger partial charge in [0.2, 0.25) is 0 Å². The Morgan fingerprint density at radius 1 is 1.23 bits per heavy atom. The fraction of sp³-hybridized carbons (Fsp3) is 0.235. The number of halogens is 3. The van der Waals surface area contributed by atoms with Crippen LogP contribution >= 0.6 is 22.6 Å². The number of amides is 1. The van der Waals surface area contributed by atoms with Gasteiger partial charge in [-0.1, -0.05) is 6.07 Å². The van der Waals surface area contributed by atoms with Gasteiger partial charge in [0.05, 0.1) is 23.5 Å². The van der Waals surface area contributed by atoms with Crippen LogP contribution < -0.4 is 10.8 Å². The van der Waals surface area contributed by atoms with Gasteiger partial charge in [0.1, 0.15) is 24.3 Å². The molecule has 6 nitrogen and oxygen atoms in total. The van der Waals surface area contributed by atoms with E-state index in [4.69, 9.17) is 9.57 Å².